The molecule has 3 rings (SSSR count). The van der Waals surface area contributed by atoms with Gasteiger partial charge in [-0.05, 0) is 16.7 Å². The zero-order chi connectivity index (χ0) is 21.0. The predicted octanol–water partition coefficient (Wildman–Crippen LogP) is -0.252. The van der Waals surface area contributed by atoms with Gasteiger partial charge in [-0.2, -0.15) is 13.5 Å². The number of hydrogen-bond acceptors (Lipinski definition) is 5. The van der Waals surface area contributed by atoms with Gasteiger partial charge in [-0.3, -0.25) is 5.04 Å². The molecule has 31 heavy (non-hydrogen) atoms. The Hall–Kier alpha value is -1.55. The molecule has 0 spiro atoms. The number of rotatable bonds is 12. The quantitative estimate of drug-likeness (QED) is 0.0728. The van der Waals surface area contributed by atoms with E-state index in [0.29, 0.717) is 19.1 Å². The van der Waals surface area contributed by atoms with E-state index >= 15 is 0 Å². The second-order valence-corrected chi connectivity index (χ2v) is 7.32. The fourth-order valence-electron chi connectivity index (χ4n) is 3.14. The summed E-state index contributed by atoms with van der Waals surface area (Å²) in [4.78, 5) is 0. The Morgan fingerprint density at radius 3 is 2.23 bits per heavy atom. The molecule has 8 heteroatoms. The maximum Gasteiger partial charge on any atom is 1.00 e. The summed E-state index contributed by atoms with van der Waals surface area (Å²) in [6, 6.07) is 18.9. The number of nitrogens with zero attached hydrogens (tertiary/aromatic N) is 2. The number of ether oxygens (including phenoxy) is 1. The molecule has 156 valence electrons. The van der Waals surface area contributed by atoms with Crippen LogP contribution in [0.5, 0.6) is 0 Å². The summed E-state index contributed by atoms with van der Waals surface area (Å²) < 4.78 is 14.1. The molecule has 0 aliphatic rings. The van der Waals surface area contributed by atoms with Gasteiger partial charge < -0.3 is 9.99 Å². The van der Waals surface area contributed by atoms with Crippen molar-refractivity contribution in [3.63, 3.8) is 0 Å². The Morgan fingerprint density at radius 1 is 0.968 bits per heavy atom. The van der Waals surface area contributed by atoms with Crippen LogP contribution in [0.4, 0.5) is 0 Å². The van der Waals surface area contributed by atoms with Crippen molar-refractivity contribution in [2.75, 3.05) is 13.2 Å². The van der Waals surface area contributed by atoms with Crippen molar-refractivity contribution in [3.8, 4) is 11.1 Å². The Bertz CT molecular complexity index is 896. The Balaban J connectivity index is 0.00000341. The van der Waals surface area contributed by atoms with Gasteiger partial charge in [-0.25, -0.2) is 0 Å². The van der Waals surface area contributed by atoms with Crippen LogP contribution in [-0.2, 0) is 26.4 Å². The maximum absolute atomic E-state index is 9.84. The molecular formula is C23H25N2NaO4S+2. The molecule has 0 bridgehead atoms. The molecule has 1 aromatic carbocycles. The van der Waals surface area contributed by atoms with E-state index in [1.54, 1.807) is 6.08 Å². The van der Waals surface area contributed by atoms with Gasteiger partial charge >= 0.3 is 29.6 Å². The van der Waals surface area contributed by atoms with E-state index in [1.165, 1.54) is 5.56 Å². The number of benzene rings is 1. The number of hydrogen-bond donors (Lipinski definition) is 0. The first-order valence-corrected chi connectivity index (χ1v) is 10.5. The van der Waals surface area contributed by atoms with Crippen LogP contribution in [0.25, 0.3) is 11.1 Å². The molecular weight excluding hydrogens is 423 g/mol. The minimum atomic E-state index is 0. The Labute approximate surface area is 209 Å². The van der Waals surface area contributed by atoms with Crippen LogP contribution in [-0.4, -0.2) is 13.2 Å². The summed E-state index contributed by atoms with van der Waals surface area (Å²) >= 11 is 0.929. The molecule has 0 saturated carbocycles. The monoisotopic (exact) mass is 448 g/mol. The average molecular weight is 449 g/mol. The van der Waals surface area contributed by atoms with E-state index in [4.69, 9.17) is 4.74 Å². The fraction of sp³-hybridized carbons (Fsp3) is 0.217. The SMILES string of the molecule is C=CCOCC(Cc1ccccc1)[n+]1ccc(-c2cc[n+](CSOO[O-])cc2)cc1.[Na+]. The standard InChI is InChI=1S/C23H25N2O4S.Na/c1-2-16-27-18-23(17-20-6-4-3-5-7-20)25-14-10-22(11-15-25)21-8-12-24(13-9-21)19-30-29-28-26;/h2-15,23H,1,16-19H2;/q2*+1. The molecule has 1 atom stereocenters. The van der Waals surface area contributed by atoms with Gasteiger partial charge in [0.05, 0.1) is 6.61 Å². The third kappa shape index (κ3) is 8.48. The van der Waals surface area contributed by atoms with Gasteiger partial charge in [0, 0.05) is 30.7 Å². The molecule has 0 N–H and O–H groups in total. The molecule has 1 unspecified atom stereocenters. The Kier molecular flexibility index (Phi) is 12.0. The fourth-order valence-corrected chi connectivity index (χ4v) is 3.51. The first kappa shape index (κ1) is 25.7. The molecule has 3 aromatic rings. The van der Waals surface area contributed by atoms with Gasteiger partial charge in [-0.15, -0.1) is 6.58 Å². The molecule has 0 radical (unpaired) electrons. The van der Waals surface area contributed by atoms with Crippen molar-refractivity contribution in [2.24, 2.45) is 0 Å². The summed E-state index contributed by atoms with van der Waals surface area (Å²) in [5, 5.41) is 13.2. The normalized spacial score (nSPS) is 11.5. The molecule has 6 nitrogen and oxygen atoms in total. The van der Waals surface area contributed by atoms with Crippen molar-refractivity contribution < 1.29 is 58.1 Å². The van der Waals surface area contributed by atoms with E-state index in [2.05, 4.69) is 69.3 Å². The van der Waals surface area contributed by atoms with E-state index in [9.17, 15) is 5.26 Å². The molecule has 2 heterocycles. The van der Waals surface area contributed by atoms with Gasteiger partial charge in [0.2, 0.25) is 5.88 Å². The smallest absolute Gasteiger partial charge is 0.691 e. The molecule has 0 saturated heterocycles. The predicted molar refractivity (Wildman–Crippen MR) is 112 cm³/mol. The minimum absolute atomic E-state index is 0. The zero-order valence-electron chi connectivity index (χ0n) is 17.6. The van der Waals surface area contributed by atoms with Crippen molar-refractivity contribution in [1.29, 1.82) is 0 Å². The van der Waals surface area contributed by atoms with Crippen LogP contribution in [0.3, 0.4) is 0 Å². The minimum Gasteiger partial charge on any atom is -0.691 e. The Morgan fingerprint density at radius 2 is 1.61 bits per heavy atom. The van der Waals surface area contributed by atoms with Crippen molar-refractivity contribution in [1.82, 2.24) is 0 Å². The van der Waals surface area contributed by atoms with Gasteiger partial charge in [0.25, 0.3) is 0 Å². The topological polar surface area (TPSA) is 58.5 Å². The van der Waals surface area contributed by atoms with Gasteiger partial charge in [-0.1, -0.05) is 36.4 Å². The van der Waals surface area contributed by atoms with Crippen molar-refractivity contribution in [2.45, 2.75) is 18.3 Å². The first-order chi connectivity index (χ1) is 14.8. The van der Waals surface area contributed by atoms with Crippen LogP contribution < -0.4 is 43.9 Å². The number of aromatic nitrogens is 2. The molecule has 0 aliphatic heterocycles. The third-order valence-corrected chi connectivity index (χ3v) is 5.19. The summed E-state index contributed by atoms with van der Waals surface area (Å²) in [7, 11) is 0. The molecule has 0 fully saturated rings. The van der Waals surface area contributed by atoms with Crippen LogP contribution in [0, 0.1) is 0 Å². The summed E-state index contributed by atoms with van der Waals surface area (Å²) in [6.45, 7) is 4.88. The third-order valence-electron chi connectivity index (χ3n) is 4.64. The second-order valence-electron chi connectivity index (χ2n) is 6.69. The summed E-state index contributed by atoms with van der Waals surface area (Å²) in [6.07, 6.45) is 10.7. The van der Waals surface area contributed by atoms with Crippen LogP contribution >= 0.6 is 12.0 Å². The van der Waals surface area contributed by atoms with E-state index in [-0.39, 0.29) is 35.6 Å². The van der Waals surface area contributed by atoms with E-state index in [1.807, 2.05) is 35.2 Å². The largest absolute Gasteiger partial charge is 1.00 e. The van der Waals surface area contributed by atoms with Gasteiger partial charge in [0.1, 0.15) is 18.6 Å². The van der Waals surface area contributed by atoms with E-state index < -0.39 is 0 Å². The van der Waals surface area contributed by atoms with Crippen molar-refractivity contribution >= 4 is 12.0 Å². The van der Waals surface area contributed by atoms with Crippen LogP contribution in [0.15, 0.2) is 92.0 Å². The van der Waals surface area contributed by atoms with Crippen LogP contribution in [0.1, 0.15) is 11.6 Å². The summed E-state index contributed by atoms with van der Waals surface area (Å²) in [5.41, 5.74) is 3.50. The van der Waals surface area contributed by atoms with E-state index in [0.717, 1.165) is 29.6 Å². The summed E-state index contributed by atoms with van der Waals surface area (Å²) in [5.74, 6) is 0.461. The molecule has 2 aromatic heterocycles. The van der Waals surface area contributed by atoms with Crippen LogP contribution in [0.2, 0.25) is 0 Å². The number of pyridine rings is 2. The molecule has 0 amide bonds. The first-order valence-electron chi connectivity index (χ1n) is 9.61. The average Bonchev–Trinajstić information content (AvgIpc) is 2.80. The second kappa shape index (κ2) is 14.5. The molecule has 0 aliphatic carbocycles. The van der Waals surface area contributed by atoms with Gasteiger partial charge in [0.15, 0.2) is 30.8 Å². The zero-order valence-corrected chi connectivity index (χ0v) is 20.4. The van der Waals surface area contributed by atoms with Crippen molar-refractivity contribution in [3.05, 3.63) is 97.6 Å². The maximum atomic E-state index is 9.84.